The molecule has 3 aromatic heterocycles. The zero-order chi connectivity index (χ0) is 23.1. The van der Waals surface area contributed by atoms with Gasteiger partial charge in [-0.3, -0.25) is 9.36 Å². The number of thiazole rings is 1. The lowest BCUT2D eigenvalue weighted by molar-refractivity contribution is 0.796. The first-order valence-corrected chi connectivity index (χ1v) is 11.7. The minimum atomic E-state index is -0.318. The first-order valence-electron chi connectivity index (χ1n) is 10.1. The number of hydrogen-bond donors (Lipinski definition) is 1. The van der Waals surface area contributed by atoms with E-state index in [0.29, 0.717) is 14.3 Å². The molecule has 0 aliphatic carbocycles. The van der Waals surface area contributed by atoms with Gasteiger partial charge >= 0.3 is 0 Å². The van der Waals surface area contributed by atoms with Gasteiger partial charge in [0, 0.05) is 11.3 Å². The minimum absolute atomic E-state index is 0.187. The summed E-state index contributed by atoms with van der Waals surface area (Å²) in [6.07, 6.45) is 1.63. The Kier molecular flexibility index (Phi) is 5.49. The third-order valence-electron chi connectivity index (χ3n) is 5.28. The maximum atomic E-state index is 13.3. The van der Waals surface area contributed by atoms with E-state index < -0.39 is 0 Å². The molecule has 10 heteroatoms. The van der Waals surface area contributed by atoms with Crippen molar-refractivity contribution in [3.63, 3.8) is 0 Å². The molecule has 0 spiro atoms. The van der Waals surface area contributed by atoms with Gasteiger partial charge < -0.3 is 4.98 Å². The summed E-state index contributed by atoms with van der Waals surface area (Å²) in [5.74, 6) is 0. The molecule has 1 N–H and O–H groups in total. The van der Waals surface area contributed by atoms with Crippen LogP contribution in [-0.4, -0.2) is 30.2 Å². The molecular formula is C23H18N6OS3. The van der Waals surface area contributed by atoms with Gasteiger partial charge in [-0.15, -0.1) is 0 Å². The van der Waals surface area contributed by atoms with Crippen LogP contribution >= 0.6 is 35.8 Å². The van der Waals surface area contributed by atoms with E-state index in [2.05, 4.69) is 15.2 Å². The van der Waals surface area contributed by atoms with Crippen molar-refractivity contribution in [2.75, 3.05) is 0 Å². The lowest BCUT2D eigenvalue weighted by Gasteiger charge is -2.05. The van der Waals surface area contributed by atoms with Crippen LogP contribution in [0.5, 0.6) is 0 Å². The Balaban J connectivity index is 1.62. The van der Waals surface area contributed by atoms with Gasteiger partial charge in [-0.05, 0) is 62.5 Å². The molecule has 3 heterocycles. The highest BCUT2D eigenvalue weighted by Crippen LogP contribution is 2.23. The predicted molar refractivity (Wildman–Crippen MR) is 137 cm³/mol. The number of aromatic nitrogens is 5. The molecule has 2 aromatic carbocycles. The van der Waals surface area contributed by atoms with Crippen molar-refractivity contribution in [3.8, 4) is 11.4 Å². The van der Waals surface area contributed by atoms with Gasteiger partial charge in [0.05, 0.1) is 23.3 Å². The molecule has 33 heavy (non-hydrogen) atoms. The zero-order valence-electron chi connectivity index (χ0n) is 17.7. The number of fused-ring (bicyclic) bond motifs is 1. The fraction of sp³-hybridized carbons (Fsp3) is 0.0870. The van der Waals surface area contributed by atoms with E-state index in [1.54, 1.807) is 6.21 Å². The van der Waals surface area contributed by atoms with Crippen molar-refractivity contribution in [1.29, 1.82) is 0 Å². The highest BCUT2D eigenvalue weighted by molar-refractivity contribution is 7.73. The Labute approximate surface area is 202 Å². The molecule has 0 saturated carbocycles. The molecule has 164 valence electrons. The Morgan fingerprint density at radius 3 is 2.30 bits per heavy atom. The van der Waals surface area contributed by atoms with E-state index in [0.717, 1.165) is 28.3 Å². The summed E-state index contributed by atoms with van der Waals surface area (Å²) in [4.78, 5) is 16.4. The summed E-state index contributed by atoms with van der Waals surface area (Å²) >= 11 is 12.2. The topological polar surface area (TPSA) is 72.9 Å². The SMILES string of the molecule is Cc1nn(-c2ccccc2)c(C)c1/C=N/n1c(=S)[nH]c2c(sc(=S)n2-c2ccccc2)c1=O. The molecule has 7 nitrogen and oxygen atoms in total. The largest absolute Gasteiger partial charge is 0.315 e. The highest BCUT2D eigenvalue weighted by Gasteiger charge is 2.15. The minimum Gasteiger partial charge on any atom is -0.315 e. The third kappa shape index (κ3) is 3.71. The molecule has 0 fully saturated rings. The van der Waals surface area contributed by atoms with Crippen LogP contribution in [0.15, 0.2) is 70.6 Å². The van der Waals surface area contributed by atoms with E-state index in [1.165, 1.54) is 16.0 Å². The second kappa shape index (κ2) is 8.47. The Hall–Kier alpha value is -3.47. The lowest BCUT2D eigenvalue weighted by Crippen LogP contribution is -2.18. The van der Waals surface area contributed by atoms with Crippen LogP contribution in [-0.2, 0) is 0 Å². The Morgan fingerprint density at radius 2 is 1.64 bits per heavy atom. The zero-order valence-corrected chi connectivity index (χ0v) is 20.2. The third-order valence-corrected chi connectivity index (χ3v) is 6.92. The van der Waals surface area contributed by atoms with Crippen molar-refractivity contribution >= 4 is 52.3 Å². The van der Waals surface area contributed by atoms with Gasteiger partial charge in [0.2, 0.25) is 4.77 Å². The van der Waals surface area contributed by atoms with Crippen molar-refractivity contribution in [2.45, 2.75) is 13.8 Å². The average molecular weight is 491 g/mol. The van der Waals surface area contributed by atoms with Crippen molar-refractivity contribution in [1.82, 2.24) is 24.0 Å². The number of nitrogens with zero attached hydrogens (tertiary/aromatic N) is 5. The van der Waals surface area contributed by atoms with Crippen LogP contribution in [0.1, 0.15) is 17.0 Å². The number of rotatable bonds is 4. The number of para-hydroxylation sites is 2. The molecule has 0 radical (unpaired) electrons. The van der Waals surface area contributed by atoms with Crippen LogP contribution in [0.2, 0.25) is 0 Å². The molecule has 0 atom stereocenters. The Morgan fingerprint density at radius 1 is 1.00 bits per heavy atom. The van der Waals surface area contributed by atoms with Gasteiger partial charge in [-0.1, -0.05) is 47.7 Å². The molecule has 0 bridgehead atoms. The fourth-order valence-electron chi connectivity index (χ4n) is 3.67. The van der Waals surface area contributed by atoms with Crippen molar-refractivity contribution in [3.05, 3.63) is 96.7 Å². The van der Waals surface area contributed by atoms with Crippen molar-refractivity contribution in [2.24, 2.45) is 5.10 Å². The van der Waals surface area contributed by atoms with E-state index in [9.17, 15) is 4.79 Å². The molecule has 5 rings (SSSR count). The summed E-state index contributed by atoms with van der Waals surface area (Å²) in [5.41, 5.74) is 4.61. The van der Waals surface area contributed by atoms with E-state index >= 15 is 0 Å². The number of benzene rings is 2. The maximum Gasteiger partial charge on any atom is 0.294 e. The van der Waals surface area contributed by atoms with Gasteiger partial charge in [-0.2, -0.15) is 14.9 Å². The quantitative estimate of drug-likeness (QED) is 0.273. The van der Waals surface area contributed by atoms with Gasteiger partial charge in [0.1, 0.15) is 10.3 Å². The van der Waals surface area contributed by atoms with Crippen molar-refractivity contribution < 1.29 is 0 Å². The van der Waals surface area contributed by atoms with Crippen LogP contribution < -0.4 is 5.56 Å². The molecule has 0 saturated heterocycles. The first kappa shape index (κ1) is 21.4. The number of H-pyrrole nitrogens is 1. The Bertz CT molecular complexity index is 1690. The fourth-order valence-corrected chi connectivity index (χ4v) is 5.22. The summed E-state index contributed by atoms with van der Waals surface area (Å²) in [6, 6.07) is 19.5. The highest BCUT2D eigenvalue weighted by atomic mass is 32.1. The molecular weight excluding hydrogens is 472 g/mol. The summed E-state index contributed by atoms with van der Waals surface area (Å²) in [6.45, 7) is 3.87. The number of nitrogens with one attached hydrogen (secondary N) is 1. The maximum absolute atomic E-state index is 13.3. The number of aromatic amines is 1. The predicted octanol–water partition coefficient (Wildman–Crippen LogP) is 5.33. The second-order valence-corrected chi connectivity index (χ2v) is 9.37. The molecule has 0 unspecified atom stereocenters. The van der Waals surface area contributed by atoms with Gasteiger partial charge in [0.15, 0.2) is 3.95 Å². The number of hydrogen-bond acceptors (Lipinski definition) is 6. The first-order chi connectivity index (χ1) is 16.0. The summed E-state index contributed by atoms with van der Waals surface area (Å²) in [7, 11) is 0. The molecule has 0 aliphatic rings. The standard InChI is InChI=1S/C23H18N6OS3/c1-14-18(15(2)28(26-14)17-11-7-4-8-12-17)13-24-29-21(30)19-20(25-22(29)31)27(23(32)33-19)16-9-5-3-6-10-16/h3-13H,1-2H3,(H,25,31)/b24-13+. The normalized spacial score (nSPS) is 11.6. The van der Waals surface area contributed by atoms with Crippen LogP contribution in [0, 0.1) is 22.6 Å². The second-order valence-electron chi connectivity index (χ2n) is 7.34. The van der Waals surface area contributed by atoms with Crippen LogP contribution in [0.4, 0.5) is 0 Å². The average Bonchev–Trinajstić information content (AvgIpc) is 3.30. The lowest BCUT2D eigenvalue weighted by atomic mass is 10.2. The van der Waals surface area contributed by atoms with E-state index in [1.807, 2.05) is 83.8 Å². The smallest absolute Gasteiger partial charge is 0.294 e. The molecule has 5 aromatic rings. The van der Waals surface area contributed by atoms with Crippen LogP contribution in [0.25, 0.3) is 21.7 Å². The molecule has 0 amide bonds. The molecule has 0 aliphatic heterocycles. The van der Waals surface area contributed by atoms with Gasteiger partial charge in [0.25, 0.3) is 5.56 Å². The van der Waals surface area contributed by atoms with E-state index in [4.69, 9.17) is 24.4 Å². The summed E-state index contributed by atoms with van der Waals surface area (Å²) in [5, 5.41) is 9.04. The van der Waals surface area contributed by atoms with E-state index in [-0.39, 0.29) is 10.3 Å². The number of aryl methyl sites for hydroxylation is 1. The van der Waals surface area contributed by atoms with Gasteiger partial charge in [-0.25, -0.2) is 4.68 Å². The van der Waals surface area contributed by atoms with Crippen LogP contribution in [0.3, 0.4) is 0 Å². The monoisotopic (exact) mass is 490 g/mol. The summed E-state index contributed by atoms with van der Waals surface area (Å²) < 4.78 is 6.07.